The Labute approximate surface area is 177 Å². The molecule has 8 nitrogen and oxygen atoms in total. The number of benzene rings is 2. The van der Waals surface area contributed by atoms with Gasteiger partial charge in [-0.25, -0.2) is 23.5 Å². The Morgan fingerprint density at radius 2 is 1.97 bits per heavy atom. The van der Waals surface area contributed by atoms with E-state index in [1.54, 1.807) is 0 Å². The van der Waals surface area contributed by atoms with Crippen LogP contribution in [-0.2, 0) is 16.4 Å². The molecule has 1 aliphatic carbocycles. The molecule has 1 aromatic heterocycles. The van der Waals surface area contributed by atoms with Gasteiger partial charge in [-0.1, -0.05) is 54.9 Å². The average molecular weight is 441 g/mol. The van der Waals surface area contributed by atoms with E-state index in [-0.39, 0.29) is 17.4 Å². The molecule has 10 heteroatoms. The van der Waals surface area contributed by atoms with Crippen LogP contribution < -0.4 is 10.9 Å². The molecule has 2 aromatic carbocycles. The Balaban J connectivity index is 1.82. The van der Waals surface area contributed by atoms with Gasteiger partial charge in [0.05, 0.1) is 15.1 Å². The summed E-state index contributed by atoms with van der Waals surface area (Å²) in [6.45, 7) is 0.166. The number of amidine groups is 1. The van der Waals surface area contributed by atoms with Crippen molar-refractivity contribution in [3.05, 3.63) is 41.5 Å². The van der Waals surface area contributed by atoms with Gasteiger partial charge in [0, 0.05) is 11.1 Å². The molecule has 30 heavy (non-hydrogen) atoms. The van der Waals surface area contributed by atoms with Gasteiger partial charge in [0.1, 0.15) is 0 Å². The van der Waals surface area contributed by atoms with E-state index in [0.29, 0.717) is 39.7 Å². The molecular formula is C20H20N6O2S2. The second kappa shape index (κ2) is 7.22. The van der Waals surface area contributed by atoms with E-state index in [9.17, 15) is 8.42 Å². The average Bonchev–Trinajstić information content (AvgIpc) is 3.31. The fourth-order valence-corrected chi connectivity index (χ4v) is 5.87. The van der Waals surface area contributed by atoms with Gasteiger partial charge in [0.25, 0.3) is 0 Å². The van der Waals surface area contributed by atoms with Crippen LogP contribution in [0, 0.1) is 5.92 Å². The molecule has 0 atom stereocenters. The lowest BCUT2D eigenvalue weighted by Crippen LogP contribution is -2.22. The van der Waals surface area contributed by atoms with Crippen LogP contribution in [-0.4, -0.2) is 25.9 Å². The van der Waals surface area contributed by atoms with Gasteiger partial charge in [0.15, 0.2) is 17.6 Å². The Morgan fingerprint density at radius 3 is 2.63 bits per heavy atom. The number of thiazole rings is 1. The van der Waals surface area contributed by atoms with Crippen molar-refractivity contribution >= 4 is 42.5 Å². The maximum absolute atomic E-state index is 12.8. The molecule has 0 amide bonds. The molecule has 2 heterocycles. The highest BCUT2D eigenvalue weighted by Gasteiger charge is 2.30. The van der Waals surface area contributed by atoms with E-state index in [2.05, 4.69) is 20.2 Å². The number of aliphatic imine (C=N–C) groups is 1. The molecule has 1 fully saturated rings. The highest BCUT2D eigenvalue weighted by atomic mass is 32.2. The zero-order chi connectivity index (χ0) is 20.9. The minimum atomic E-state index is -4.03. The van der Waals surface area contributed by atoms with Crippen molar-refractivity contribution in [2.45, 2.75) is 30.6 Å². The zero-order valence-corrected chi connectivity index (χ0v) is 17.7. The van der Waals surface area contributed by atoms with Crippen LogP contribution in [0.2, 0.25) is 0 Å². The van der Waals surface area contributed by atoms with Crippen LogP contribution in [0.1, 0.15) is 30.4 Å². The van der Waals surface area contributed by atoms with Gasteiger partial charge in [-0.2, -0.15) is 5.11 Å². The number of aromatic nitrogens is 1. The monoisotopic (exact) mass is 440 g/mol. The molecule has 0 saturated heterocycles. The first-order chi connectivity index (χ1) is 14.4. The quantitative estimate of drug-likeness (QED) is 0.625. The third-order valence-corrected chi connectivity index (χ3v) is 7.54. The van der Waals surface area contributed by atoms with Crippen molar-refractivity contribution in [2.24, 2.45) is 26.3 Å². The van der Waals surface area contributed by atoms with Crippen LogP contribution in [0.5, 0.6) is 0 Å². The number of primary sulfonamides is 1. The third-order valence-electron chi connectivity index (χ3n) is 5.66. The number of anilines is 1. The number of nitrogens with zero attached hydrogens (tertiary/aromatic N) is 4. The second-order valence-electron chi connectivity index (χ2n) is 7.59. The molecule has 2 aliphatic rings. The lowest BCUT2D eigenvalue weighted by molar-refractivity contribution is 0.313. The highest BCUT2D eigenvalue weighted by Crippen LogP contribution is 2.40. The van der Waals surface area contributed by atoms with Gasteiger partial charge in [-0.05, 0) is 29.5 Å². The summed E-state index contributed by atoms with van der Waals surface area (Å²) in [4.78, 5) is 8.88. The number of nitrogens with two attached hydrogens (primary N) is 2. The molecule has 1 saturated carbocycles. The minimum absolute atomic E-state index is 0.0895. The van der Waals surface area contributed by atoms with Gasteiger partial charge in [0.2, 0.25) is 10.0 Å². The Bertz CT molecular complexity index is 1320. The lowest BCUT2D eigenvalue weighted by Gasteiger charge is -2.27. The fourth-order valence-electron chi connectivity index (χ4n) is 4.11. The van der Waals surface area contributed by atoms with Crippen LogP contribution in [0.25, 0.3) is 21.3 Å². The molecule has 0 radical (unpaired) electrons. The first-order valence-corrected chi connectivity index (χ1v) is 12.0. The predicted molar refractivity (Wildman–Crippen MR) is 118 cm³/mol. The number of hydrogen-bond donors (Lipinski definition) is 2. The molecule has 0 bridgehead atoms. The molecule has 5 rings (SSSR count). The summed E-state index contributed by atoms with van der Waals surface area (Å²) in [5.41, 5.74) is 9.17. The van der Waals surface area contributed by atoms with Gasteiger partial charge >= 0.3 is 0 Å². The summed E-state index contributed by atoms with van der Waals surface area (Å²) >= 11 is 1.38. The Hall–Kier alpha value is -2.69. The molecular weight excluding hydrogens is 420 g/mol. The predicted octanol–water partition coefficient (Wildman–Crippen LogP) is 3.71. The van der Waals surface area contributed by atoms with Gasteiger partial charge in [-0.15, -0.1) is 5.11 Å². The normalized spacial score (nSPS) is 16.8. The fraction of sp³-hybridized carbons (Fsp3) is 0.300. The van der Waals surface area contributed by atoms with Crippen LogP contribution in [0.3, 0.4) is 0 Å². The first kappa shape index (κ1) is 19.3. The summed E-state index contributed by atoms with van der Waals surface area (Å²) < 4.78 is 26.5. The molecule has 4 N–H and O–H groups in total. The lowest BCUT2D eigenvalue weighted by atomic mass is 9.80. The maximum Gasteiger partial charge on any atom is 0.239 e. The maximum atomic E-state index is 12.8. The van der Waals surface area contributed by atoms with Gasteiger partial charge < -0.3 is 5.73 Å². The summed E-state index contributed by atoms with van der Waals surface area (Å²) in [7, 11) is -4.03. The van der Waals surface area contributed by atoms with E-state index in [4.69, 9.17) is 10.9 Å². The van der Waals surface area contributed by atoms with Crippen molar-refractivity contribution in [1.82, 2.24) is 4.98 Å². The summed E-state index contributed by atoms with van der Waals surface area (Å²) in [6, 6.07) is 9.50. The van der Waals surface area contributed by atoms with Crippen molar-refractivity contribution in [2.75, 3.05) is 12.4 Å². The van der Waals surface area contributed by atoms with Crippen LogP contribution in [0.4, 0.5) is 5.13 Å². The summed E-state index contributed by atoms with van der Waals surface area (Å²) in [6.07, 6.45) is 4.03. The van der Waals surface area contributed by atoms with E-state index in [1.165, 1.54) is 17.8 Å². The SMILES string of the molecule is Nc1nc2c(-c3ccc(CC4CCC4)c(S(N)(=O)=O)c3C3=NCN=N3)cccc2s1. The summed E-state index contributed by atoms with van der Waals surface area (Å²) in [5, 5.41) is 14.2. The van der Waals surface area contributed by atoms with E-state index < -0.39 is 10.0 Å². The van der Waals surface area contributed by atoms with Crippen LogP contribution in [0.15, 0.2) is 50.4 Å². The van der Waals surface area contributed by atoms with Gasteiger partial charge in [-0.3, -0.25) is 0 Å². The smallest absolute Gasteiger partial charge is 0.239 e. The highest BCUT2D eigenvalue weighted by molar-refractivity contribution is 7.89. The molecule has 1 aliphatic heterocycles. The number of sulfonamides is 1. The molecule has 0 unspecified atom stereocenters. The van der Waals surface area contributed by atoms with Crippen molar-refractivity contribution in [3.8, 4) is 11.1 Å². The third kappa shape index (κ3) is 3.30. The number of hydrogen-bond acceptors (Lipinski definition) is 8. The summed E-state index contributed by atoms with van der Waals surface area (Å²) in [5.74, 6) is 0.753. The van der Waals surface area contributed by atoms with E-state index in [0.717, 1.165) is 23.1 Å². The van der Waals surface area contributed by atoms with Crippen molar-refractivity contribution < 1.29 is 8.42 Å². The number of nitrogen functional groups attached to an aromatic ring is 1. The zero-order valence-electron chi connectivity index (χ0n) is 16.1. The second-order valence-corrected chi connectivity index (χ2v) is 10.2. The Morgan fingerprint density at radius 1 is 1.13 bits per heavy atom. The van der Waals surface area contributed by atoms with Crippen molar-refractivity contribution in [3.63, 3.8) is 0 Å². The van der Waals surface area contributed by atoms with E-state index >= 15 is 0 Å². The standard InChI is InChI=1S/C20H20N6O2S2/c21-20-25-17-14(5-2-6-15(17)29-20)13-8-7-12(9-11-3-1-4-11)18(30(22,27)28)16(13)19-23-10-24-26-19/h2,5-8,11H,1,3-4,9-10H2,(H2,21,25)(H2,22,27,28). The Kier molecular flexibility index (Phi) is 4.64. The molecule has 3 aromatic rings. The number of fused-ring (bicyclic) bond motifs is 1. The minimum Gasteiger partial charge on any atom is -0.375 e. The van der Waals surface area contributed by atoms with E-state index in [1.807, 2.05) is 30.3 Å². The molecule has 154 valence electrons. The number of azo groups is 1. The number of rotatable bonds is 5. The van der Waals surface area contributed by atoms with Crippen LogP contribution >= 0.6 is 11.3 Å². The van der Waals surface area contributed by atoms with Crippen molar-refractivity contribution in [1.29, 1.82) is 0 Å². The largest absolute Gasteiger partial charge is 0.375 e. The number of para-hydroxylation sites is 1. The first-order valence-electron chi connectivity index (χ1n) is 9.68. The molecule has 0 spiro atoms. The topological polar surface area (TPSA) is 136 Å².